The summed E-state index contributed by atoms with van der Waals surface area (Å²) < 4.78 is 37.6. The lowest BCUT2D eigenvalue weighted by molar-refractivity contribution is -0.167. The van der Waals surface area contributed by atoms with Gasteiger partial charge in [-0.25, -0.2) is 4.79 Å². The van der Waals surface area contributed by atoms with Crippen molar-refractivity contribution in [3.8, 4) is 0 Å². The van der Waals surface area contributed by atoms with E-state index >= 15 is 0 Å². The molecular formula is C12H6BrF3N2O3. The molecule has 0 spiro atoms. The molecule has 0 aliphatic carbocycles. The molecule has 0 saturated heterocycles. The van der Waals surface area contributed by atoms with Gasteiger partial charge in [0.25, 0.3) is 0 Å². The number of aromatic nitrogens is 1. The number of nitrogens with one attached hydrogen (secondary N) is 1. The Kier molecular flexibility index (Phi) is 3.86. The third-order valence-electron chi connectivity index (χ3n) is 2.56. The average molecular weight is 363 g/mol. The number of anilines is 1. The number of alkyl halides is 3. The molecule has 0 unspecified atom stereocenters. The zero-order valence-corrected chi connectivity index (χ0v) is 11.6. The highest BCUT2D eigenvalue weighted by molar-refractivity contribution is 9.10. The highest BCUT2D eigenvalue weighted by Gasteiger charge is 2.39. The van der Waals surface area contributed by atoms with E-state index in [4.69, 9.17) is 5.11 Å². The fourth-order valence-corrected chi connectivity index (χ4v) is 2.01. The van der Waals surface area contributed by atoms with Crippen LogP contribution in [0.5, 0.6) is 0 Å². The van der Waals surface area contributed by atoms with Crippen molar-refractivity contribution in [3.05, 3.63) is 34.4 Å². The summed E-state index contributed by atoms with van der Waals surface area (Å²) >= 11 is 3.12. The Labute approximate surface area is 123 Å². The highest BCUT2D eigenvalue weighted by Crippen LogP contribution is 2.30. The number of hydrogen-bond acceptors (Lipinski definition) is 3. The highest BCUT2D eigenvalue weighted by atomic mass is 79.9. The molecular weight excluding hydrogens is 357 g/mol. The lowest BCUT2D eigenvalue weighted by Gasteiger charge is -2.13. The number of fused-ring (bicyclic) bond motifs is 1. The van der Waals surface area contributed by atoms with Gasteiger partial charge in [-0.05, 0) is 18.2 Å². The Bertz CT molecular complexity index is 746. The molecule has 2 N–H and O–H groups in total. The van der Waals surface area contributed by atoms with Crippen LogP contribution >= 0.6 is 15.9 Å². The van der Waals surface area contributed by atoms with Crippen LogP contribution in [0.25, 0.3) is 10.9 Å². The van der Waals surface area contributed by atoms with Gasteiger partial charge in [0.05, 0.1) is 11.2 Å². The molecule has 1 amide bonds. The minimum absolute atomic E-state index is 0.0851. The van der Waals surface area contributed by atoms with Crippen LogP contribution in [-0.4, -0.2) is 28.1 Å². The van der Waals surface area contributed by atoms with Crippen LogP contribution in [0.4, 0.5) is 18.9 Å². The van der Waals surface area contributed by atoms with E-state index in [1.165, 1.54) is 12.1 Å². The van der Waals surface area contributed by atoms with Gasteiger partial charge < -0.3 is 10.4 Å². The van der Waals surface area contributed by atoms with Gasteiger partial charge in [0.2, 0.25) is 0 Å². The summed E-state index contributed by atoms with van der Waals surface area (Å²) in [5, 5.41) is 10.7. The molecule has 0 saturated carbocycles. The summed E-state index contributed by atoms with van der Waals surface area (Å²) in [6.45, 7) is 0. The first kappa shape index (κ1) is 15.2. The lowest BCUT2D eigenvalue weighted by Crippen LogP contribution is -2.30. The first-order valence-electron chi connectivity index (χ1n) is 5.40. The van der Waals surface area contributed by atoms with Gasteiger partial charge >= 0.3 is 18.1 Å². The monoisotopic (exact) mass is 362 g/mol. The Morgan fingerprint density at radius 2 is 1.95 bits per heavy atom. The number of halogens is 4. The SMILES string of the molecule is O=C(O)c1cnc2ccc(Br)cc2c1NC(=O)C(F)(F)F. The number of amides is 1. The average Bonchev–Trinajstić information content (AvgIpc) is 2.37. The fraction of sp³-hybridized carbons (Fsp3) is 0.0833. The largest absolute Gasteiger partial charge is 0.478 e. The van der Waals surface area contributed by atoms with Gasteiger partial charge in [0, 0.05) is 16.1 Å². The van der Waals surface area contributed by atoms with E-state index in [2.05, 4.69) is 20.9 Å². The van der Waals surface area contributed by atoms with Gasteiger partial charge in [-0.2, -0.15) is 13.2 Å². The molecule has 0 aliphatic heterocycles. The predicted octanol–water partition coefficient (Wildman–Crippen LogP) is 3.20. The van der Waals surface area contributed by atoms with Crippen molar-refractivity contribution in [1.29, 1.82) is 0 Å². The third kappa shape index (κ3) is 3.13. The van der Waals surface area contributed by atoms with E-state index in [0.717, 1.165) is 6.20 Å². The van der Waals surface area contributed by atoms with Crippen molar-refractivity contribution < 1.29 is 27.9 Å². The lowest BCUT2D eigenvalue weighted by atomic mass is 10.1. The van der Waals surface area contributed by atoms with Gasteiger partial charge in [0.1, 0.15) is 5.56 Å². The van der Waals surface area contributed by atoms with Crippen LogP contribution in [-0.2, 0) is 4.79 Å². The number of aromatic carboxylic acids is 1. The van der Waals surface area contributed by atoms with E-state index in [9.17, 15) is 22.8 Å². The normalized spacial score (nSPS) is 11.4. The maximum Gasteiger partial charge on any atom is 0.471 e. The molecule has 0 atom stereocenters. The molecule has 1 aromatic heterocycles. The summed E-state index contributed by atoms with van der Waals surface area (Å²) in [7, 11) is 0. The second kappa shape index (κ2) is 5.32. The molecule has 1 aromatic carbocycles. The van der Waals surface area contributed by atoms with Crippen LogP contribution < -0.4 is 5.32 Å². The van der Waals surface area contributed by atoms with E-state index in [1.54, 1.807) is 11.4 Å². The number of carbonyl (C=O) groups is 2. The molecule has 21 heavy (non-hydrogen) atoms. The fourth-order valence-electron chi connectivity index (χ4n) is 1.65. The maximum atomic E-state index is 12.4. The molecule has 0 fully saturated rings. The summed E-state index contributed by atoms with van der Waals surface area (Å²) in [4.78, 5) is 26.0. The first-order chi connectivity index (χ1) is 9.70. The maximum absolute atomic E-state index is 12.4. The number of benzene rings is 1. The van der Waals surface area contributed by atoms with Crippen molar-refractivity contribution >= 4 is 44.4 Å². The van der Waals surface area contributed by atoms with Gasteiger partial charge in [-0.1, -0.05) is 15.9 Å². The minimum Gasteiger partial charge on any atom is -0.478 e. The van der Waals surface area contributed by atoms with Crippen LogP contribution in [0.3, 0.4) is 0 Å². The molecule has 0 bridgehead atoms. The van der Waals surface area contributed by atoms with Crippen molar-refractivity contribution in [2.75, 3.05) is 5.32 Å². The van der Waals surface area contributed by atoms with E-state index in [1.807, 2.05) is 0 Å². The number of carbonyl (C=O) groups excluding carboxylic acids is 1. The number of carboxylic acids is 1. The zero-order valence-electron chi connectivity index (χ0n) is 10.0. The quantitative estimate of drug-likeness (QED) is 0.859. The van der Waals surface area contributed by atoms with Crippen LogP contribution in [0.1, 0.15) is 10.4 Å². The molecule has 2 rings (SSSR count). The van der Waals surface area contributed by atoms with Gasteiger partial charge in [-0.15, -0.1) is 0 Å². The van der Waals surface area contributed by atoms with Crippen LogP contribution in [0.15, 0.2) is 28.9 Å². The number of rotatable bonds is 2. The summed E-state index contributed by atoms with van der Waals surface area (Å²) in [5.74, 6) is -3.75. The minimum atomic E-state index is -5.13. The molecule has 1 heterocycles. The van der Waals surface area contributed by atoms with Crippen LogP contribution in [0, 0.1) is 0 Å². The van der Waals surface area contributed by atoms with E-state index in [-0.39, 0.29) is 10.9 Å². The number of hydrogen-bond donors (Lipinski definition) is 2. The van der Waals surface area contributed by atoms with Crippen LogP contribution in [0.2, 0.25) is 0 Å². The molecule has 5 nitrogen and oxygen atoms in total. The predicted molar refractivity (Wildman–Crippen MR) is 71.1 cm³/mol. The number of carboxylic acid groups (broad SMARTS) is 1. The Hall–Kier alpha value is -2.16. The summed E-state index contributed by atoms with van der Waals surface area (Å²) in [5.41, 5.74) is -0.727. The first-order valence-corrected chi connectivity index (χ1v) is 6.19. The van der Waals surface area contributed by atoms with Gasteiger partial charge in [0.15, 0.2) is 0 Å². The Morgan fingerprint density at radius 1 is 1.29 bits per heavy atom. The summed E-state index contributed by atoms with van der Waals surface area (Å²) in [6.07, 6.45) is -4.23. The molecule has 0 aliphatic rings. The van der Waals surface area contributed by atoms with Crippen molar-refractivity contribution in [3.63, 3.8) is 0 Å². The standard InChI is InChI=1S/C12H6BrF3N2O3/c13-5-1-2-8-6(3-5)9(7(4-17-8)10(19)20)18-11(21)12(14,15)16/h1-4H,(H,19,20)(H,17,18,21). The van der Waals surface area contributed by atoms with Gasteiger partial charge in [-0.3, -0.25) is 9.78 Å². The second-order valence-electron chi connectivity index (χ2n) is 3.97. The van der Waals surface area contributed by atoms with Crippen molar-refractivity contribution in [2.24, 2.45) is 0 Å². The number of nitrogens with zero attached hydrogens (tertiary/aromatic N) is 1. The topological polar surface area (TPSA) is 79.3 Å². The Balaban J connectivity index is 2.67. The molecule has 9 heteroatoms. The van der Waals surface area contributed by atoms with E-state index < -0.39 is 29.3 Å². The number of pyridine rings is 1. The molecule has 0 radical (unpaired) electrons. The second-order valence-corrected chi connectivity index (χ2v) is 4.88. The smallest absolute Gasteiger partial charge is 0.471 e. The zero-order chi connectivity index (χ0) is 15.8. The molecule has 2 aromatic rings. The van der Waals surface area contributed by atoms with Crippen molar-refractivity contribution in [2.45, 2.75) is 6.18 Å². The van der Waals surface area contributed by atoms with Crippen molar-refractivity contribution in [1.82, 2.24) is 4.98 Å². The van der Waals surface area contributed by atoms with E-state index in [0.29, 0.717) is 4.47 Å². The third-order valence-corrected chi connectivity index (χ3v) is 3.05. The summed E-state index contributed by atoms with van der Waals surface area (Å²) in [6, 6.07) is 4.44. The molecule has 110 valence electrons. The Morgan fingerprint density at radius 3 is 2.52 bits per heavy atom.